The molecule has 0 aromatic carbocycles. The fraction of sp³-hybridized carbons (Fsp3) is 0.821. The second kappa shape index (κ2) is 32.4. The Morgan fingerprint density at radius 2 is 1.02 bits per heavy atom. The normalized spacial score (nSPS) is 10.9. The van der Waals surface area contributed by atoms with Gasteiger partial charge >= 0.3 is 5.97 Å². The Morgan fingerprint density at radius 1 is 0.600 bits per heavy atom. The van der Waals surface area contributed by atoms with Gasteiger partial charge in [-0.15, -0.1) is 0 Å². The van der Waals surface area contributed by atoms with Gasteiger partial charge in [0.1, 0.15) is 25.4 Å². The number of rotatable bonds is 28. The smallest absolute Gasteiger partial charge is 0.332 e. The molecule has 0 rings (SSSR count). The van der Waals surface area contributed by atoms with Crippen molar-refractivity contribution >= 4 is 61.2 Å². The number of carbonyl (C=O) groups excluding carboxylic acids is 5. The van der Waals surface area contributed by atoms with Crippen LogP contribution in [0.25, 0.3) is 0 Å². The highest BCUT2D eigenvalue weighted by Gasteiger charge is 2.16. The predicted octanol–water partition coefficient (Wildman–Crippen LogP) is 1.01. The molecule has 0 saturated heterocycles. The quantitative estimate of drug-likeness (QED) is 0.0440. The molecule has 4 N–H and O–H groups in total. The van der Waals surface area contributed by atoms with Crippen LogP contribution in [-0.4, -0.2) is 131 Å². The Hall–Kier alpha value is -1.57. The van der Waals surface area contributed by atoms with Crippen LogP contribution in [-0.2, 0) is 57.2 Å². The zero-order valence-electron chi connectivity index (χ0n) is 26.7. The highest BCUT2D eigenvalue weighted by molar-refractivity contribution is 9.09. The number of nitrogens with one attached hydrogen (secondary N) is 2. The highest BCUT2D eigenvalue weighted by Crippen LogP contribution is 2.06. The topological polar surface area (TPSA) is 200 Å². The van der Waals surface area contributed by atoms with Gasteiger partial charge in [0.2, 0.25) is 11.8 Å². The Kier molecular flexibility index (Phi) is 32.8. The SMILES string of the molecule is CC(C)(C)OC(=O)COCC(=O)CCCOCCOCCNC(=O)CBr.NOCC(=O)CCCOCCOCCNC(=O)CBr. The van der Waals surface area contributed by atoms with Crippen LogP contribution < -0.4 is 16.5 Å². The van der Waals surface area contributed by atoms with Crippen molar-refractivity contribution in [1.82, 2.24) is 10.6 Å². The number of ketones is 2. The summed E-state index contributed by atoms with van der Waals surface area (Å²) in [6.45, 7) is 9.46. The van der Waals surface area contributed by atoms with E-state index in [0.717, 1.165) is 0 Å². The lowest BCUT2D eigenvalue weighted by atomic mass is 10.2. The molecular weight excluding hydrogens is 730 g/mol. The third kappa shape index (κ3) is 38.5. The molecule has 0 aromatic heterocycles. The summed E-state index contributed by atoms with van der Waals surface area (Å²) in [5.41, 5.74) is -0.562. The molecular formula is C28H51Br2N3O12. The summed E-state index contributed by atoms with van der Waals surface area (Å²) in [4.78, 5) is 60.0. The first-order chi connectivity index (χ1) is 21.4. The van der Waals surface area contributed by atoms with E-state index >= 15 is 0 Å². The Bertz CT molecular complexity index is 801. The monoisotopic (exact) mass is 779 g/mol. The van der Waals surface area contributed by atoms with E-state index in [1.165, 1.54) is 0 Å². The van der Waals surface area contributed by atoms with Gasteiger partial charge in [-0.3, -0.25) is 24.0 Å². The molecule has 264 valence electrons. The summed E-state index contributed by atoms with van der Waals surface area (Å²) >= 11 is 6.09. The summed E-state index contributed by atoms with van der Waals surface area (Å²) in [5, 5.41) is 5.89. The van der Waals surface area contributed by atoms with E-state index in [2.05, 4.69) is 47.3 Å². The third-order valence-corrected chi connectivity index (χ3v) is 5.78. The molecule has 0 aromatic rings. The number of carbonyl (C=O) groups is 5. The lowest BCUT2D eigenvalue weighted by molar-refractivity contribution is -0.160. The number of hydrogen-bond acceptors (Lipinski definition) is 13. The molecule has 15 nitrogen and oxygen atoms in total. The Balaban J connectivity index is 0. The van der Waals surface area contributed by atoms with Crippen LogP contribution in [0.4, 0.5) is 0 Å². The van der Waals surface area contributed by atoms with Crippen LogP contribution in [0, 0.1) is 0 Å². The Labute approximate surface area is 282 Å². The van der Waals surface area contributed by atoms with E-state index in [0.29, 0.717) is 97.0 Å². The first-order valence-corrected chi connectivity index (χ1v) is 16.8. The molecule has 2 amide bonds. The van der Waals surface area contributed by atoms with E-state index in [9.17, 15) is 24.0 Å². The fourth-order valence-electron chi connectivity index (χ4n) is 2.86. The van der Waals surface area contributed by atoms with Gasteiger partial charge in [-0.2, -0.15) is 0 Å². The van der Waals surface area contributed by atoms with Gasteiger partial charge in [0.15, 0.2) is 11.6 Å². The summed E-state index contributed by atoms with van der Waals surface area (Å²) in [6, 6.07) is 0. The van der Waals surface area contributed by atoms with Crippen LogP contribution in [0.5, 0.6) is 0 Å². The molecule has 0 heterocycles. The van der Waals surface area contributed by atoms with Crippen LogP contribution in [0.2, 0.25) is 0 Å². The largest absolute Gasteiger partial charge is 0.458 e. The van der Waals surface area contributed by atoms with Gasteiger partial charge in [-0.05, 0) is 33.6 Å². The highest BCUT2D eigenvalue weighted by atomic mass is 79.9. The molecule has 0 saturated carbocycles. The van der Waals surface area contributed by atoms with Crippen molar-refractivity contribution in [2.75, 3.05) is 96.4 Å². The van der Waals surface area contributed by atoms with Crippen LogP contribution >= 0.6 is 31.9 Å². The molecule has 0 unspecified atom stereocenters. The number of halogens is 2. The minimum Gasteiger partial charge on any atom is -0.458 e. The van der Waals surface area contributed by atoms with Crippen molar-refractivity contribution in [3.05, 3.63) is 0 Å². The van der Waals surface area contributed by atoms with Gasteiger partial charge in [-0.25, -0.2) is 10.7 Å². The summed E-state index contributed by atoms with van der Waals surface area (Å²) < 4.78 is 31.2. The molecule has 0 radical (unpaired) electrons. The van der Waals surface area contributed by atoms with Crippen molar-refractivity contribution < 1.29 is 57.2 Å². The lowest BCUT2D eigenvalue weighted by Gasteiger charge is -2.19. The maximum Gasteiger partial charge on any atom is 0.332 e. The Morgan fingerprint density at radius 3 is 1.42 bits per heavy atom. The molecule has 17 heteroatoms. The average molecular weight is 782 g/mol. The minimum atomic E-state index is -0.562. The summed E-state index contributed by atoms with van der Waals surface area (Å²) in [5.74, 6) is 4.02. The van der Waals surface area contributed by atoms with Crippen LogP contribution in [0.15, 0.2) is 0 Å². The summed E-state index contributed by atoms with van der Waals surface area (Å²) in [6.07, 6.45) is 1.95. The second-order valence-corrected chi connectivity index (χ2v) is 11.2. The molecule has 0 spiro atoms. The van der Waals surface area contributed by atoms with E-state index in [-0.39, 0.29) is 48.5 Å². The first kappa shape index (κ1) is 45.6. The van der Waals surface area contributed by atoms with Crippen LogP contribution in [0.3, 0.4) is 0 Å². The van der Waals surface area contributed by atoms with Crippen molar-refractivity contribution in [1.29, 1.82) is 0 Å². The van der Waals surface area contributed by atoms with Crippen molar-refractivity contribution in [3.8, 4) is 0 Å². The maximum atomic E-state index is 11.6. The van der Waals surface area contributed by atoms with E-state index in [1.807, 2.05) is 0 Å². The second-order valence-electron chi connectivity index (χ2n) is 10.1. The molecule has 0 aliphatic rings. The molecule has 0 aliphatic heterocycles. The van der Waals surface area contributed by atoms with Gasteiger partial charge < -0.3 is 39.1 Å². The number of amides is 2. The summed E-state index contributed by atoms with van der Waals surface area (Å²) in [7, 11) is 0. The molecule has 0 bridgehead atoms. The number of hydrogen-bond donors (Lipinski definition) is 3. The minimum absolute atomic E-state index is 0.0371. The van der Waals surface area contributed by atoms with E-state index in [1.54, 1.807) is 20.8 Å². The number of Topliss-reactive ketones (excluding diaryl/α,β-unsaturated/α-hetero) is 2. The van der Waals surface area contributed by atoms with Crippen molar-refractivity contribution in [2.24, 2.45) is 5.90 Å². The molecule has 0 fully saturated rings. The fourth-order valence-corrected chi connectivity index (χ4v) is 3.26. The third-order valence-electron chi connectivity index (χ3n) is 4.76. The van der Waals surface area contributed by atoms with Gasteiger partial charge in [-0.1, -0.05) is 31.9 Å². The number of ether oxygens (including phenoxy) is 6. The molecule has 45 heavy (non-hydrogen) atoms. The van der Waals surface area contributed by atoms with E-state index < -0.39 is 11.6 Å². The molecule has 0 aliphatic carbocycles. The standard InChI is InChI=1S/C17H30BrNO7.C11H21BrN2O5/c1-17(2,3)26-16(22)13-25-12-14(20)5-4-7-23-9-10-24-8-6-19-15(21)11-18;12-8-11(16)14-3-5-18-7-6-17-4-1-2-10(15)9-19-13/h4-13H2,1-3H3,(H,19,21);1-9,13H2,(H,14,16). The zero-order chi connectivity index (χ0) is 34.2. The number of esters is 1. The zero-order valence-corrected chi connectivity index (χ0v) is 29.8. The predicted molar refractivity (Wildman–Crippen MR) is 172 cm³/mol. The van der Waals surface area contributed by atoms with E-state index in [4.69, 9.17) is 34.3 Å². The lowest BCUT2D eigenvalue weighted by Crippen LogP contribution is -2.28. The van der Waals surface area contributed by atoms with Crippen molar-refractivity contribution in [2.45, 2.75) is 52.1 Å². The first-order valence-electron chi connectivity index (χ1n) is 14.6. The van der Waals surface area contributed by atoms with Gasteiger partial charge in [0.25, 0.3) is 0 Å². The van der Waals surface area contributed by atoms with Gasteiger partial charge in [0.05, 0.1) is 50.3 Å². The maximum absolute atomic E-state index is 11.6. The van der Waals surface area contributed by atoms with Crippen LogP contribution in [0.1, 0.15) is 46.5 Å². The number of alkyl halides is 2. The van der Waals surface area contributed by atoms with Crippen molar-refractivity contribution in [3.63, 3.8) is 0 Å². The van der Waals surface area contributed by atoms with Gasteiger partial charge in [0, 0.05) is 39.1 Å². The average Bonchev–Trinajstić information content (AvgIpc) is 2.98. The molecule has 0 atom stereocenters. The number of nitrogens with two attached hydrogens (primary N) is 1.